The smallest absolute Gasteiger partial charge is 0.143 e. The Kier molecular flexibility index (Phi) is 3.19. The fraction of sp³-hybridized carbons (Fsp3) is 0.143. The molecule has 86 valence electrons. The molecule has 0 radical (unpaired) electrons. The van der Waals surface area contributed by atoms with E-state index in [-0.39, 0.29) is 5.75 Å². The molecule has 0 fully saturated rings. The van der Waals surface area contributed by atoms with Gasteiger partial charge in [0, 0.05) is 0 Å². The first-order valence-electron chi connectivity index (χ1n) is 5.44. The van der Waals surface area contributed by atoms with Crippen LogP contribution in [0.3, 0.4) is 0 Å². The molecule has 0 unspecified atom stereocenters. The Hall–Kier alpha value is -2.16. The standard InChI is InChI=1S/C14H14N2O/c1-10-8-9-13(17)14(11(10)2)16-15-12-6-4-3-5-7-12/h3-9,17H,1-2H3. The molecule has 0 aromatic heterocycles. The molecule has 0 spiro atoms. The van der Waals surface area contributed by atoms with Gasteiger partial charge in [-0.15, -0.1) is 5.11 Å². The second-order valence-electron chi connectivity index (χ2n) is 3.91. The fourth-order valence-electron chi connectivity index (χ4n) is 1.52. The van der Waals surface area contributed by atoms with Crippen LogP contribution in [-0.4, -0.2) is 5.11 Å². The summed E-state index contributed by atoms with van der Waals surface area (Å²) in [4.78, 5) is 0. The van der Waals surface area contributed by atoms with Crippen molar-refractivity contribution in [3.05, 3.63) is 53.6 Å². The molecule has 0 aliphatic rings. The maximum Gasteiger partial charge on any atom is 0.143 e. The fourth-order valence-corrected chi connectivity index (χ4v) is 1.52. The van der Waals surface area contributed by atoms with E-state index in [1.54, 1.807) is 6.07 Å². The summed E-state index contributed by atoms with van der Waals surface area (Å²) in [6, 6.07) is 13.0. The van der Waals surface area contributed by atoms with Crippen molar-refractivity contribution < 1.29 is 5.11 Å². The number of hydrogen-bond acceptors (Lipinski definition) is 3. The molecule has 0 aliphatic carbocycles. The minimum absolute atomic E-state index is 0.160. The molecule has 2 aromatic carbocycles. The summed E-state index contributed by atoms with van der Waals surface area (Å²) in [7, 11) is 0. The van der Waals surface area contributed by atoms with Crippen molar-refractivity contribution in [1.82, 2.24) is 0 Å². The van der Waals surface area contributed by atoms with Crippen molar-refractivity contribution in [2.24, 2.45) is 10.2 Å². The first kappa shape index (κ1) is 11.3. The van der Waals surface area contributed by atoms with Crippen LogP contribution in [-0.2, 0) is 0 Å². The Bertz CT molecular complexity index is 548. The normalized spacial score (nSPS) is 10.9. The minimum Gasteiger partial charge on any atom is -0.506 e. The van der Waals surface area contributed by atoms with Crippen LogP contribution < -0.4 is 0 Å². The van der Waals surface area contributed by atoms with Gasteiger partial charge >= 0.3 is 0 Å². The van der Waals surface area contributed by atoms with Crippen LogP contribution in [0.25, 0.3) is 0 Å². The average molecular weight is 226 g/mol. The summed E-state index contributed by atoms with van der Waals surface area (Å²) in [5, 5.41) is 18.0. The van der Waals surface area contributed by atoms with Crippen LogP contribution in [0.4, 0.5) is 11.4 Å². The molecule has 17 heavy (non-hydrogen) atoms. The number of aryl methyl sites for hydroxylation is 1. The highest BCUT2D eigenvalue weighted by Gasteiger charge is 2.05. The molecule has 0 saturated carbocycles. The van der Waals surface area contributed by atoms with Crippen molar-refractivity contribution in [2.45, 2.75) is 13.8 Å². The number of phenolic OH excluding ortho intramolecular Hbond substituents is 1. The predicted octanol–water partition coefficient (Wildman–Crippen LogP) is 4.42. The molecular formula is C14H14N2O. The van der Waals surface area contributed by atoms with Crippen LogP contribution >= 0.6 is 0 Å². The van der Waals surface area contributed by atoms with Crippen molar-refractivity contribution >= 4 is 11.4 Å². The van der Waals surface area contributed by atoms with E-state index in [1.165, 1.54) is 0 Å². The molecule has 0 atom stereocenters. The van der Waals surface area contributed by atoms with Gasteiger partial charge in [-0.2, -0.15) is 5.11 Å². The van der Waals surface area contributed by atoms with E-state index >= 15 is 0 Å². The number of phenols is 1. The predicted molar refractivity (Wildman–Crippen MR) is 68.2 cm³/mol. The van der Waals surface area contributed by atoms with Crippen molar-refractivity contribution in [3.63, 3.8) is 0 Å². The minimum atomic E-state index is 0.160. The number of azo groups is 1. The van der Waals surface area contributed by atoms with Gasteiger partial charge in [0.1, 0.15) is 11.4 Å². The van der Waals surface area contributed by atoms with Crippen molar-refractivity contribution in [3.8, 4) is 5.75 Å². The van der Waals surface area contributed by atoms with E-state index in [0.717, 1.165) is 16.8 Å². The number of benzene rings is 2. The SMILES string of the molecule is Cc1ccc(O)c(N=Nc2ccccc2)c1C. The van der Waals surface area contributed by atoms with Gasteiger partial charge < -0.3 is 5.11 Å². The summed E-state index contributed by atoms with van der Waals surface area (Å²) in [5.41, 5.74) is 3.34. The lowest BCUT2D eigenvalue weighted by molar-refractivity contribution is 0.476. The van der Waals surface area contributed by atoms with Crippen molar-refractivity contribution in [2.75, 3.05) is 0 Å². The second kappa shape index (κ2) is 4.78. The highest BCUT2D eigenvalue weighted by atomic mass is 16.3. The third-order valence-corrected chi connectivity index (χ3v) is 2.70. The first-order valence-corrected chi connectivity index (χ1v) is 5.44. The lowest BCUT2D eigenvalue weighted by Crippen LogP contribution is -1.81. The monoisotopic (exact) mass is 226 g/mol. The highest BCUT2D eigenvalue weighted by Crippen LogP contribution is 2.33. The van der Waals surface area contributed by atoms with Crippen LogP contribution in [0.2, 0.25) is 0 Å². The number of nitrogens with zero attached hydrogens (tertiary/aromatic N) is 2. The Labute approximate surface area is 100 Å². The molecular weight excluding hydrogens is 212 g/mol. The molecule has 0 aliphatic heterocycles. The zero-order chi connectivity index (χ0) is 12.3. The van der Waals surface area contributed by atoms with Gasteiger partial charge in [-0.3, -0.25) is 0 Å². The van der Waals surface area contributed by atoms with Gasteiger partial charge in [0.25, 0.3) is 0 Å². The van der Waals surface area contributed by atoms with E-state index in [1.807, 2.05) is 50.2 Å². The lowest BCUT2D eigenvalue weighted by Gasteiger charge is -2.05. The second-order valence-corrected chi connectivity index (χ2v) is 3.91. The molecule has 2 aromatic rings. The third kappa shape index (κ3) is 2.50. The largest absolute Gasteiger partial charge is 0.506 e. The van der Waals surface area contributed by atoms with E-state index in [2.05, 4.69) is 10.2 Å². The Balaban J connectivity index is 2.37. The van der Waals surface area contributed by atoms with Crippen LogP contribution in [0.5, 0.6) is 5.75 Å². The van der Waals surface area contributed by atoms with Gasteiger partial charge in [-0.1, -0.05) is 24.3 Å². The van der Waals surface area contributed by atoms with E-state index in [0.29, 0.717) is 5.69 Å². The average Bonchev–Trinajstić information content (AvgIpc) is 2.35. The Morgan fingerprint density at radius 3 is 2.29 bits per heavy atom. The van der Waals surface area contributed by atoms with Crippen LogP contribution in [0.1, 0.15) is 11.1 Å². The number of hydrogen-bond donors (Lipinski definition) is 1. The van der Waals surface area contributed by atoms with E-state index < -0.39 is 0 Å². The third-order valence-electron chi connectivity index (χ3n) is 2.70. The van der Waals surface area contributed by atoms with Crippen molar-refractivity contribution in [1.29, 1.82) is 0 Å². The summed E-state index contributed by atoms with van der Waals surface area (Å²) in [6.45, 7) is 3.91. The molecule has 0 bridgehead atoms. The van der Waals surface area contributed by atoms with Gasteiger partial charge in [-0.25, -0.2) is 0 Å². The molecule has 0 saturated heterocycles. The Morgan fingerprint density at radius 1 is 0.882 bits per heavy atom. The quantitative estimate of drug-likeness (QED) is 0.756. The molecule has 1 N–H and O–H groups in total. The van der Waals surface area contributed by atoms with E-state index in [9.17, 15) is 5.11 Å². The summed E-state index contributed by atoms with van der Waals surface area (Å²) >= 11 is 0. The number of aromatic hydroxyl groups is 1. The number of rotatable bonds is 2. The zero-order valence-electron chi connectivity index (χ0n) is 9.88. The van der Waals surface area contributed by atoms with Gasteiger partial charge in [0.15, 0.2) is 0 Å². The van der Waals surface area contributed by atoms with E-state index in [4.69, 9.17) is 0 Å². The topological polar surface area (TPSA) is 45.0 Å². The highest BCUT2D eigenvalue weighted by molar-refractivity contribution is 5.59. The summed E-state index contributed by atoms with van der Waals surface area (Å²) in [5.74, 6) is 0.160. The molecule has 3 heteroatoms. The van der Waals surface area contributed by atoms with Gasteiger partial charge in [0.05, 0.1) is 5.69 Å². The first-order chi connectivity index (χ1) is 8.18. The molecule has 0 heterocycles. The summed E-state index contributed by atoms with van der Waals surface area (Å²) < 4.78 is 0. The maximum absolute atomic E-state index is 9.74. The molecule has 2 rings (SSSR count). The molecule has 3 nitrogen and oxygen atoms in total. The van der Waals surface area contributed by atoms with Gasteiger partial charge in [0.2, 0.25) is 0 Å². The zero-order valence-corrected chi connectivity index (χ0v) is 9.88. The lowest BCUT2D eigenvalue weighted by atomic mass is 10.1. The van der Waals surface area contributed by atoms with Crippen LogP contribution in [0.15, 0.2) is 52.7 Å². The Morgan fingerprint density at radius 2 is 1.59 bits per heavy atom. The molecule has 0 amide bonds. The maximum atomic E-state index is 9.74. The van der Waals surface area contributed by atoms with Gasteiger partial charge in [-0.05, 0) is 43.2 Å². The summed E-state index contributed by atoms with van der Waals surface area (Å²) in [6.07, 6.45) is 0. The van der Waals surface area contributed by atoms with Crippen LogP contribution in [0, 0.1) is 13.8 Å².